The van der Waals surface area contributed by atoms with Gasteiger partial charge in [-0.3, -0.25) is 0 Å². The Labute approximate surface area is 129 Å². The lowest BCUT2D eigenvalue weighted by Crippen LogP contribution is -2.25. The third kappa shape index (κ3) is 3.25. The lowest BCUT2D eigenvalue weighted by Gasteiger charge is -2.27. The van der Waals surface area contributed by atoms with Crippen molar-refractivity contribution < 1.29 is 0 Å². The van der Waals surface area contributed by atoms with E-state index < -0.39 is 0 Å². The highest BCUT2D eigenvalue weighted by atomic mass is 79.9. The molecular formula is C16H24BrNS. The van der Waals surface area contributed by atoms with Crippen molar-refractivity contribution in [3.63, 3.8) is 0 Å². The molecular weight excluding hydrogens is 318 g/mol. The second-order valence-electron chi connectivity index (χ2n) is 6.34. The summed E-state index contributed by atoms with van der Waals surface area (Å²) in [4.78, 5) is 1.52. The fourth-order valence-corrected chi connectivity index (χ4v) is 5.63. The first-order chi connectivity index (χ1) is 9.26. The van der Waals surface area contributed by atoms with Crippen LogP contribution in [0.25, 0.3) is 0 Å². The predicted molar refractivity (Wildman–Crippen MR) is 86.6 cm³/mol. The number of thiophene rings is 1. The van der Waals surface area contributed by atoms with Gasteiger partial charge in [-0.25, -0.2) is 0 Å². The molecule has 2 aliphatic rings. The maximum absolute atomic E-state index is 3.77. The highest BCUT2D eigenvalue weighted by Crippen LogP contribution is 2.51. The van der Waals surface area contributed by atoms with Crippen LogP contribution in [0, 0.1) is 17.8 Å². The van der Waals surface area contributed by atoms with E-state index >= 15 is 0 Å². The van der Waals surface area contributed by atoms with Gasteiger partial charge in [-0.2, -0.15) is 0 Å². The van der Waals surface area contributed by atoms with Gasteiger partial charge in [0.05, 0.1) is 0 Å². The number of hydrogen-bond acceptors (Lipinski definition) is 2. The van der Waals surface area contributed by atoms with Crippen molar-refractivity contribution in [1.82, 2.24) is 5.32 Å². The summed E-state index contributed by atoms with van der Waals surface area (Å²) < 4.78 is 1.24. The summed E-state index contributed by atoms with van der Waals surface area (Å²) in [5.41, 5.74) is 0. The molecule has 2 fully saturated rings. The van der Waals surface area contributed by atoms with E-state index in [-0.39, 0.29) is 0 Å². The summed E-state index contributed by atoms with van der Waals surface area (Å²) in [6.07, 6.45) is 8.62. The van der Waals surface area contributed by atoms with Crippen LogP contribution in [0.5, 0.6) is 0 Å². The van der Waals surface area contributed by atoms with E-state index in [1.54, 1.807) is 0 Å². The zero-order valence-electron chi connectivity index (χ0n) is 11.7. The Morgan fingerprint density at radius 3 is 2.89 bits per heavy atom. The molecule has 1 aromatic heterocycles. The van der Waals surface area contributed by atoms with Crippen LogP contribution in [-0.4, -0.2) is 6.54 Å². The van der Waals surface area contributed by atoms with Gasteiger partial charge >= 0.3 is 0 Å². The molecule has 1 heterocycles. The first-order valence-electron chi connectivity index (χ1n) is 7.73. The molecule has 0 aromatic carbocycles. The van der Waals surface area contributed by atoms with Crippen molar-refractivity contribution in [3.05, 3.63) is 20.8 Å². The molecule has 3 rings (SSSR count). The summed E-state index contributed by atoms with van der Waals surface area (Å²) in [5.74, 6) is 3.09. The molecule has 0 aliphatic heterocycles. The second kappa shape index (κ2) is 6.28. The molecule has 4 atom stereocenters. The molecule has 0 saturated heterocycles. The van der Waals surface area contributed by atoms with Gasteiger partial charge in [0.15, 0.2) is 0 Å². The van der Waals surface area contributed by atoms with E-state index in [1.807, 2.05) is 11.3 Å². The molecule has 106 valence electrons. The summed E-state index contributed by atoms with van der Waals surface area (Å²) in [5, 5.41) is 5.99. The second-order valence-corrected chi connectivity index (χ2v) is 8.20. The molecule has 2 saturated carbocycles. The largest absolute Gasteiger partial charge is 0.309 e. The van der Waals surface area contributed by atoms with Gasteiger partial charge in [0.2, 0.25) is 0 Å². The zero-order valence-corrected chi connectivity index (χ0v) is 14.1. The fraction of sp³-hybridized carbons (Fsp3) is 0.750. The maximum atomic E-state index is 3.77. The highest BCUT2D eigenvalue weighted by Gasteiger charge is 2.40. The molecule has 3 heteroatoms. The van der Waals surface area contributed by atoms with Crippen LogP contribution >= 0.6 is 27.3 Å². The molecule has 1 N–H and O–H groups in total. The van der Waals surface area contributed by atoms with E-state index in [0.29, 0.717) is 6.04 Å². The van der Waals surface area contributed by atoms with Crippen LogP contribution in [0.15, 0.2) is 15.9 Å². The molecule has 0 radical (unpaired) electrons. The molecule has 0 spiro atoms. The lowest BCUT2D eigenvalue weighted by molar-refractivity contribution is 0.280. The zero-order chi connectivity index (χ0) is 13.2. The average Bonchev–Trinajstić information content (AvgIpc) is 3.10. The predicted octanol–water partition coefficient (Wildman–Crippen LogP) is 5.38. The Hall–Kier alpha value is 0.140. The number of rotatable bonds is 6. The number of hydrogen-bond donors (Lipinski definition) is 1. The first kappa shape index (κ1) is 14.1. The minimum atomic E-state index is 0.584. The smallest absolute Gasteiger partial charge is 0.0417 e. The van der Waals surface area contributed by atoms with Crippen molar-refractivity contribution >= 4 is 27.3 Å². The van der Waals surface area contributed by atoms with Crippen LogP contribution in [0.1, 0.15) is 56.4 Å². The minimum Gasteiger partial charge on any atom is -0.309 e. The molecule has 0 amide bonds. The van der Waals surface area contributed by atoms with E-state index in [9.17, 15) is 0 Å². The third-order valence-corrected chi connectivity index (χ3v) is 6.80. The Kier molecular flexibility index (Phi) is 4.66. The van der Waals surface area contributed by atoms with Gasteiger partial charge in [0, 0.05) is 20.8 Å². The summed E-state index contributed by atoms with van der Waals surface area (Å²) in [6.45, 7) is 3.40. The van der Waals surface area contributed by atoms with Crippen molar-refractivity contribution in [2.24, 2.45) is 17.8 Å². The van der Waals surface area contributed by atoms with Crippen molar-refractivity contribution in [2.45, 2.75) is 51.5 Å². The standard InChI is InChI=1S/C16H24BrNS/c1-2-5-18-15(16-9-14(17)10-19-16)8-13-7-11-3-4-12(13)6-11/h9-13,15,18H,2-8H2,1H3. The topological polar surface area (TPSA) is 12.0 Å². The SMILES string of the molecule is CCCNC(CC1CC2CCC1C2)c1cc(Br)cs1. The normalized spacial score (nSPS) is 30.9. The highest BCUT2D eigenvalue weighted by molar-refractivity contribution is 9.10. The van der Waals surface area contributed by atoms with Gasteiger partial charge in [0.1, 0.15) is 0 Å². The Bertz CT molecular complexity index is 417. The average molecular weight is 342 g/mol. The molecule has 19 heavy (non-hydrogen) atoms. The van der Waals surface area contributed by atoms with Crippen molar-refractivity contribution in [2.75, 3.05) is 6.54 Å². The van der Waals surface area contributed by atoms with Crippen molar-refractivity contribution in [1.29, 1.82) is 0 Å². The van der Waals surface area contributed by atoms with Crippen LogP contribution in [-0.2, 0) is 0 Å². The Morgan fingerprint density at radius 2 is 2.32 bits per heavy atom. The van der Waals surface area contributed by atoms with E-state index in [2.05, 4.69) is 39.6 Å². The van der Waals surface area contributed by atoms with Gasteiger partial charge < -0.3 is 5.32 Å². The molecule has 1 aromatic rings. The number of halogens is 1. The molecule has 4 unspecified atom stereocenters. The first-order valence-corrected chi connectivity index (χ1v) is 9.40. The summed E-state index contributed by atoms with van der Waals surface area (Å²) in [6, 6.07) is 2.89. The van der Waals surface area contributed by atoms with Crippen molar-refractivity contribution in [3.8, 4) is 0 Å². The van der Waals surface area contributed by atoms with Gasteiger partial charge in [-0.1, -0.05) is 13.3 Å². The summed E-state index contributed by atoms with van der Waals surface area (Å²) >= 11 is 5.50. The maximum Gasteiger partial charge on any atom is 0.0417 e. The lowest BCUT2D eigenvalue weighted by atomic mass is 9.84. The monoisotopic (exact) mass is 341 g/mol. The molecule has 2 bridgehead atoms. The Morgan fingerprint density at radius 1 is 1.42 bits per heavy atom. The van der Waals surface area contributed by atoms with E-state index in [1.165, 1.54) is 47.9 Å². The molecule has 1 nitrogen and oxygen atoms in total. The quantitative estimate of drug-likeness (QED) is 0.732. The van der Waals surface area contributed by atoms with Crippen LogP contribution in [0.3, 0.4) is 0 Å². The minimum absolute atomic E-state index is 0.584. The van der Waals surface area contributed by atoms with Crippen LogP contribution in [0.2, 0.25) is 0 Å². The fourth-order valence-electron chi connectivity index (χ4n) is 4.10. The molecule has 2 aliphatic carbocycles. The van der Waals surface area contributed by atoms with Gasteiger partial charge in [0.25, 0.3) is 0 Å². The third-order valence-electron chi connectivity index (χ3n) is 4.99. The number of fused-ring (bicyclic) bond motifs is 2. The van der Waals surface area contributed by atoms with Gasteiger partial charge in [-0.15, -0.1) is 11.3 Å². The van der Waals surface area contributed by atoms with Crippen LogP contribution < -0.4 is 5.32 Å². The number of nitrogens with one attached hydrogen (secondary N) is 1. The van der Waals surface area contributed by atoms with E-state index in [0.717, 1.165) is 24.3 Å². The van der Waals surface area contributed by atoms with Gasteiger partial charge in [-0.05, 0) is 78.4 Å². The van der Waals surface area contributed by atoms with E-state index in [4.69, 9.17) is 0 Å². The Balaban J connectivity index is 1.65. The summed E-state index contributed by atoms with van der Waals surface area (Å²) in [7, 11) is 0. The van der Waals surface area contributed by atoms with Crippen LogP contribution in [0.4, 0.5) is 0 Å².